The first-order valence-corrected chi connectivity index (χ1v) is 7.52. The van der Waals surface area contributed by atoms with Crippen LogP contribution in [-0.4, -0.2) is 31.1 Å². The third-order valence-corrected chi connectivity index (χ3v) is 3.01. The number of ether oxygens (including phenoxy) is 3. The topological polar surface area (TPSA) is 61.8 Å². The maximum absolute atomic E-state index is 11.8. The van der Waals surface area contributed by atoms with E-state index in [-0.39, 0.29) is 6.61 Å². The Bertz CT molecular complexity index is 508. The van der Waals surface area contributed by atoms with E-state index in [4.69, 9.17) is 14.2 Å². The van der Waals surface area contributed by atoms with E-state index in [9.17, 15) is 9.59 Å². The number of benzene rings is 1. The second-order valence-electron chi connectivity index (χ2n) is 5.35. The lowest BCUT2D eigenvalue weighted by atomic mass is 10.1. The van der Waals surface area contributed by atoms with Gasteiger partial charge in [0.25, 0.3) is 0 Å². The summed E-state index contributed by atoms with van der Waals surface area (Å²) in [5.41, 5.74) is -0.829. The molecule has 0 spiro atoms. The molecule has 0 aliphatic carbocycles. The van der Waals surface area contributed by atoms with Gasteiger partial charge in [-0.15, -0.1) is 0 Å². The Kier molecular flexibility index (Phi) is 6.89. The van der Waals surface area contributed by atoms with Crippen molar-refractivity contribution in [2.24, 2.45) is 0 Å². The van der Waals surface area contributed by atoms with Crippen LogP contribution in [0.25, 0.3) is 0 Å². The molecule has 5 heteroatoms. The molecule has 1 aromatic rings. The van der Waals surface area contributed by atoms with Crippen LogP contribution in [0.3, 0.4) is 0 Å². The second-order valence-corrected chi connectivity index (χ2v) is 5.35. The third-order valence-electron chi connectivity index (χ3n) is 3.01. The zero-order chi connectivity index (χ0) is 16.6. The Labute approximate surface area is 131 Å². The standard InChI is InChI=1S/C17H24O5/c1-5-7-10-21-14-8-9-15(13(11-14)12-18)22-17(3,4)16(19)20-6-2/h8-9,11-12H,5-7,10H2,1-4H3. The summed E-state index contributed by atoms with van der Waals surface area (Å²) in [6.45, 7) is 7.89. The predicted molar refractivity (Wildman–Crippen MR) is 83.6 cm³/mol. The molecule has 0 N–H and O–H groups in total. The Balaban J connectivity index is 2.86. The Morgan fingerprint density at radius 2 is 2.00 bits per heavy atom. The minimum Gasteiger partial charge on any atom is -0.494 e. The number of rotatable bonds is 9. The van der Waals surface area contributed by atoms with E-state index >= 15 is 0 Å². The molecule has 0 saturated heterocycles. The van der Waals surface area contributed by atoms with Crippen molar-refractivity contribution in [2.45, 2.75) is 46.1 Å². The third kappa shape index (κ3) is 5.06. The summed E-state index contributed by atoms with van der Waals surface area (Å²) < 4.78 is 16.2. The first-order valence-electron chi connectivity index (χ1n) is 7.52. The van der Waals surface area contributed by atoms with E-state index in [1.165, 1.54) is 0 Å². The molecule has 22 heavy (non-hydrogen) atoms. The Morgan fingerprint density at radius 1 is 1.27 bits per heavy atom. The molecule has 0 atom stereocenters. The van der Waals surface area contributed by atoms with Gasteiger partial charge < -0.3 is 14.2 Å². The van der Waals surface area contributed by atoms with E-state index in [1.807, 2.05) is 0 Å². The number of unbranched alkanes of at least 4 members (excludes halogenated alkanes) is 1. The number of carbonyl (C=O) groups excluding carboxylic acids is 2. The molecule has 0 aliphatic rings. The monoisotopic (exact) mass is 308 g/mol. The van der Waals surface area contributed by atoms with Crippen molar-refractivity contribution >= 4 is 12.3 Å². The maximum Gasteiger partial charge on any atom is 0.349 e. The highest BCUT2D eigenvalue weighted by Crippen LogP contribution is 2.27. The average Bonchev–Trinajstić information content (AvgIpc) is 2.48. The lowest BCUT2D eigenvalue weighted by molar-refractivity contribution is -0.158. The SMILES string of the molecule is CCCCOc1ccc(OC(C)(C)C(=O)OCC)c(C=O)c1. The van der Waals surface area contributed by atoms with E-state index < -0.39 is 11.6 Å². The summed E-state index contributed by atoms with van der Waals surface area (Å²) in [7, 11) is 0. The molecule has 0 radical (unpaired) electrons. The Hall–Kier alpha value is -2.04. The van der Waals surface area contributed by atoms with Crippen LogP contribution >= 0.6 is 0 Å². The number of aldehydes is 1. The molecule has 0 saturated carbocycles. The van der Waals surface area contributed by atoms with Gasteiger partial charge in [0, 0.05) is 0 Å². The molecule has 5 nitrogen and oxygen atoms in total. The maximum atomic E-state index is 11.8. The molecule has 0 heterocycles. The Morgan fingerprint density at radius 3 is 2.59 bits per heavy atom. The number of esters is 1. The predicted octanol–water partition coefficient (Wildman–Crippen LogP) is 3.40. The van der Waals surface area contributed by atoms with Gasteiger partial charge in [-0.1, -0.05) is 13.3 Å². The minimum atomic E-state index is -1.17. The minimum absolute atomic E-state index is 0.274. The molecule has 1 aromatic carbocycles. The molecule has 1 rings (SSSR count). The molecule has 0 aliphatic heterocycles. The highest BCUT2D eigenvalue weighted by atomic mass is 16.6. The molecule has 0 bridgehead atoms. The highest BCUT2D eigenvalue weighted by molar-refractivity contribution is 5.82. The van der Waals surface area contributed by atoms with Crippen molar-refractivity contribution in [3.05, 3.63) is 23.8 Å². The fourth-order valence-corrected chi connectivity index (χ4v) is 1.76. The fraction of sp³-hybridized carbons (Fsp3) is 0.529. The normalized spacial score (nSPS) is 10.9. The van der Waals surface area contributed by atoms with Crippen molar-refractivity contribution in [3.63, 3.8) is 0 Å². The lowest BCUT2D eigenvalue weighted by Crippen LogP contribution is -2.40. The van der Waals surface area contributed by atoms with Crippen LogP contribution in [0, 0.1) is 0 Å². The first kappa shape index (κ1) is 18.0. The van der Waals surface area contributed by atoms with Crippen LogP contribution in [0.4, 0.5) is 0 Å². The molecule has 122 valence electrons. The molecule has 0 unspecified atom stereocenters. The number of hydrogen-bond acceptors (Lipinski definition) is 5. The summed E-state index contributed by atoms with van der Waals surface area (Å²) >= 11 is 0. The van der Waals surface area contributed by atoms with Gasteiger partial charge in [0.05, 0.1) is 18.8 Å². The largest absolute Gasteiger partial charge is 0.494 e. The van der Waals surface area contributed by atoms with Crippen molar-refractivity contribution in [2.75, 3.05) is 13.2 Å². The van der Waals surface area contributed by atoms with Gasteiger partial charge in [0.1, 0.15) is 11.5 Å². The van der Waals surface area contributed by atoms with Gasteiger partial charge in [-0.2, -0.15) is 0 Å². The van der Waals surface area contributed by atoms with Crippen molar-refractivity contribution < 1.29 is 23.8 Å². The highest BCUT2D eigenvalue weighted by Gasteiger charge is 2.32. The van der Waals surface area contributed by atoms with Gasteiger partial charge in [-0.3, -0.25) is 4.79 Å². The summed E-state index contributed by atoms with van der Waals surface area (Å²) in [5, 5.41) is 0. The quantitative estimate of drug-likeness (QED) is 0.397. The number of carbonyl (C=O) groups is 2. The van der Waals surface area contributed by atoms with Gasteiger partial charge in [-0.05, 0) is 45.4 Å². The van der Waals surface area contributed by atoms with Crippen molar-refractivity contribution in [1.29, 1.82) is 0 Å². The summed E-state index contributed by atoms with van der Waals surface area (Å²) in [4.78, 5) is 23.1. The van der Waals surface area contributed by atoms with Crippen LogP contribution < -0.4 is 9.47 Å². The first-order chi connectivity index (χ1) is 10.4. The molecule has 0 aromatic heterocycles. The zero-order valence-corrected chi connectivity index (χ0v) is 13.7. The van der Waals surface area contributed by atoms with Gasteiger partial charge in [0.2, 0.25) is 0 Å². The van der Waals surface area contributed by atoms with Crippen LogP contribution in [0.5, 0.6) is 11.5 Å². The smallest absolute Gasteiger partial charge is 0.349 e. The van der Waals surface area contributed by atoms with Crippen LogP contribution in [0.1, 0.15) is 50.9 Å². The molecule has 0 fully saturated rings. The summed E-state index contributed by atoms with van der Waals surface area (Å²) in [5.74, 6) is 0.461. The van der Waals surface area contributed by atoms with Crippen molar-refractivity contribution in [1.82, 2.24) is 0 Å². The molecular weight excluding hydrogens is 284 g/mol. The summed E-state index contributed by atoms with van der Waals surface area (Å²) in [6.07, 6.45) is 2.67. The average molecular weight is 308 g/mol. The number of hydrogen-bond donors (Lipinski definition) is 0. The van der Waals surface area contributed by atoms with Gasteiger partial charge in [0.15, 0.2) is 11.9 Å². The molecule has 0 amide bonds. The summed E-state index contributed by atoms with van der Waals surface area (Å²) in [6, 6.07) is 4.96. The van der Waals surface area contributed by atoms with Crippen LogP contribution in [-0.2, 0) is 9.53 Å². The van der Waals surface area contributed by atoms with E-state index in [1.54, 1.807) is 39.0 Å². The second kappa shape index (κ2) is 8.41. The van der Waals surface area contributed by atoms with E-state index in [2.05, 4.69) is 6.92 Å². The van der Waals surface area contributed by atoms with E-state index in [0.29, 0.717) is 30.0 Å². The van der Waals surface area contributed by atoms with Gasteiger partial charge in [-0.25, -0.2) is 4.79 Å². The lowest BCUT2D eigenvalue weighted by Gasteiger charge is -2.25. The van der Waals surface area contributed by atoms with Crippen LogP contribution in [0.2, 0.25) is 0 Å². The van der Waals surface area contributed by atoms with E-state index in [0.717, 1.165) is 12.8 Å². The fourth-order valence-electron chi connectivity index (χ4n) is 1.76. The zero-order valence-electron chi connectivity index (χ0n) is 13.7. The molecular formula is C17H24O5. The van der Waals surface area contributed by atoms with Crippen molar-refractivity contribution in [3.8, 4) is 11.5 Å². The van der Waals surface area contributed by atoms with Crippen LogP contribution in [0.15, 0.2) is 18.2 Å². The van der Waals surface area contributed by atoms with Gasteiger partial charge >= 0.3 is 5.97 Å².